The average molecular weight is 330 g/mol. The first-order valence-corrected chi connectivity index (χ1v) is 7.65. The monoisotopic (exact) mass is 329 g/mol. The number of carbonyl (C=O) groups is 2. The number of hydrogen-bond donors (Lipinski definition) is 2. The number of thioether (sulfide) groups is 1. The first kappa shape index (κ1) is 17.8. The Bertz CT molecular complexity index is 473. The van der Waals surface area contributed by atoms with Crippen LogP contribution in [0.4, 0.5) is 4.79 Å². The largest absolute Gasteiger partial charge is 0.339 e. The van der Waals surface area contributed by atoms with Crippen LogP contribution in [0.3, 0.4) is 0 Å². The Labute approximate surface area is 135 Å². The van der Waals surface area contributed by atoms with Gasteiger partial charge in [0.05, 0.1) is 0 Å². The zero-order valence-corrected chi connectivity index (χ0v) is 13.3. The number of carbonyl (C=O) groups excluding carboxylic acids is 2. The molecule has 2 amide bonds. The Morgan fingerprint density at radius 1 is 1.33 bits per heavy atom. The van der Waals surface area contributed by atoms with Gasteiger partial charge in [0.25, 0.3) is 5.24 Å². The molecule has 1 fully saturated rings. The normalized spacial score (nSPS) is 17.0. The maximum absolute atomic E-state index is 12.3. The van der Waals surface area contributed by atoms with Crippen molar-refractivity contribution in [2.75, 3.05) is 25.4 Å². The second-order valence-corrected chi connectivity index (χ2v) is 5.64. The summed E-state index contributed by atoms with van der Waals surface area (Å²) in [7, 11) is 0. The van der Waals surface area contributed by atoms with Gasteiger partial charge in [-0.15, -0.1) is 12.4 Å². The highest BCUT2D eigenvalue weighted by Gasteiger charge is 2.30. The summed E-state index contributed by atoms with van der Waals surface area (Å²) in [6.45, 7) is 1.56. The first-order valence-electron chi connectivity index (χ1n) is 6.67. The summed E-state index contributed by atoms with van der Waals surface area (Å²) < 4.78 is 0. The Kier molecular flexibility index (Phi) is 7.56. The summed E-state index contributed by atoms with van der Waals surface area (Å²) in [4.78, 5) is 25.3. The summed E-state index contributed by atoms with van der Waals surface area (Å²) in [5.41, 5.74) is 6.76. The van der Waals surface area contributed by atoms with Crippen LogP contribution in [-0.2, 0) is 11.2 Å². The molecule has 1 heterocycles. The van der Waals surface area contributed by atoms with Crippen LogP contribution in [0.15, 0.2) is 30.3 Å². The zero-order valence-electron chi connectivity index (χ0n) is 11.7. The van der Waals surface area contributed by atoms with Crippen molar-refractivity contribution in [3.63, 3.8) is 0 Å². The maximum Gasteiger partial charge on any atom is 0.279 e. The van der Waals surface area contributed by atoms with Gasteiger partial charge in [-0.1, -0.05) is 42.1 Å². The van der Waals surface area contributed by atoms with Crippen molar-refractivity contribution in [2.45, 2.75) is 12.5 Å². The zero-order chi connectivity index (χ0) is 14.4. The lowest BCUT2D eigenvalue weighted by Crippen LogP contribution is -2.47. The third-order valence-electron chi connectivity index (χ3n) is 3.20. The van der Waals surface area contributed by atoms with Crippen molar-refractivity contribution in [3.8, 4) is 0 Å². The molecule has 3 N–H and O–H groups in total. The molecule has 0 unspecified atom stereocenters. The van der Waals surface area contributed by atoms with Crippen molar-refractivity contribution in [1.82, 2.24) is 10.2 Å². The van der Waals surface area contributed by atoms with Gasteiger partial charge in [-0.05, 0) is 12.0 Å². The van der Waals surface area contributed by atoms with Gasteiger partial charge in [0, 0.05) is 25.4 Å². The highest BCUT2D eigenvalue weighted by Crippen LogP contribution is 2.15. The molecule has 21 heavy (non-hydrogen) atoms. The molecule has 116 valence electrons. The lowest BCUT2D eigenvalue weighted by Gasteiger charge is -2.24. The van der Waals surface area contributed by atoms with Crippen molar-refractivity contribution < 1.29 is 9.59 Å². The molecule has 1 aromatic rings. The predicted octanol–water partition coefficient (Wildman–Crippen LogP) is 1.26. The highest BCUT2D eigenvalue weighted by atomic mass is 35.5. The van der Waals surface area contributed by atoms with Gasteiger partial charge in [-0.25, -0.2) is 0 Å². The number of rotatable bonds is 6. The number of amides is 2. The van der Waals surface area contributed by atoms with E-state index < -0.39 is 6.04 Å². The minimum absolute atomic E-state index is 0. The van der Waals surface area contributed by atoms with E-state index in [1.54, 1.807) is 4.90 Å². The maximum atomic E-state index is 12.3. The van der Waals surface area contributed by atoms with Crippen LogP contribution in [0, 0.1) is 0 Å². The number of nitrogens with zero attached hydrogens (tertiary/aromatic N) is 1. The molecule has 1 aliphatic heterocycles. The summed E-state index contributed by atoms with van der Waals surface area (Å²) in [5, 5.41) is 2.56. The van der Waals surface area contributed by atoms with E-state index in [0.717, 1.165) is 18.2 Å². The Morgan fingerprint density at radius 3 is 2.62 bits per heavy atom. The molecule has 0 radical (unpaired) electrons. The average Bonchev–Trinajstić information content (AvgIpc) is 2.90. The van der Waals surface area contributed by atoms with Crippen molar-refractivity contribution in [1.29, 1.82) is 0 Å². The van der Waals surface area contributed by atoms with E-state index in [1.807, 2.05) is 30.3 Å². The number of benzene rings is 1. The van der Waals surface area contributed by atoms with Crippen LogP contribution in [-0.4, -0.2) is 47.5 Å². The van der Waals surface area contributed by atoms with Gasteiger partial charge in [0.15, 0.2) is 0 Å². The molecule has 1 aliphatic rings. The second-order valence-electron chi connectivity index (χ2n) is 4.64. The van der Waals surface area contributed by atoms with Crippen molar-refractivity contribution in [3.05, 3.63) is 35.9 Å². The van der Waals surface area contributed by atoms with Crippen LogP contribution in [0.25, 0.3) is 0 Å². The predicted molar refractivity (Wildman–Crippen MR) is 87.8 cm³/mol. The minimum atomic E-state index is -0.408. The first-order chi connectivity index (χ1) is 9.70. The molecular weight excluding hydrogens is 310 g/mol. The molecule has 7 heteroatoms. The van der Waals surface area contributed by atoms with E-state index >= 15 is 0 Å². The summed E-state index contributed by atoms with van der Waals surface area (Å²) >= 11 is 1.15. The van der Waals surface area contributed by atoms with E-state index in [-0.39, 0.29) is 23.6 Å². The molecule has 0 aliphatic carbocycles. The standard InChI is InChI=1S/C14H19N3O2S.ClH/c15-7-9-17(8-6-11-4-2-1-3-5-11)13(18)12-10-20-14(19)16-12;/h1-5,12H,6-10,15H2,(H,16,19);1H/t12-;/m0./s1. The third kappa shape index (κ3) is 5.22. The topological polar surface area (TPSA) is 75.4 Å². The van der Waals surface area contributed by atoms with Crippen LogP contribution in [0.5, 0.6) is 0 Å². The number of hydrogen-bond acceptors (Lipinski definition) is 4. The highest BCUT2D eigenvalue weighted by molar-refractivity contribution is 8.14. The molecule has 0 spiro atoms. The SMILES string of the molecule is Cl.NCCN(CCc1ccccc1)C(=O)[C@@H]1CSC(=O)N1. The van der Waals surface area contributed by atoms with Gasteiger partial charge >= 0.3 is 0 Å². The fourth-order valence-electron chi connectivity index (χ4n) is 2.13. The van der Waals surface area contributed by atoms with E-state index in [1.165, 1.54) is 5.56 Å². The lowest BCUT2D eigenvalue weighted by atomic mass is 10.1. The van der Waals surface area contributed by atoms with Gasteiger partial charge in [0.1, 0.15) is 6.04 Å². The van der Waals surface area contributed by atoms with Gasteiger partial charge in [-0.2, -0.15) is 0 Å². The van der Waals surface area contributed by atoms with E-state index in [9.17, 15) is 9.59 Å². The van der Waals surface area contributed by atoms with Crippen molar-refractivity contribution >= 4 is 35.3 Å². The van der Waals surface area contributed by atoms with Crippen molar-refractivity contribution in [2.24, 2.45) is 5.73 Å². The summed E-state index contributed by atoms with van der Waals surface area (Å²) in [6, 6.07) is 9.61. The lowest BCUT2D eigenvalue weighted by molar-refractivity contribution is -0.132. The van der Waals surface area contributed by atoms with E-state index in [0.29, 0.717) is 25.4 Å². The van der Waals surface area contributed by atoms with E-state index in [2.05, 4.69) is 5.32 Å². The Hall–Kier alpha value is -1.24. The third-order valence-corrected chi connectivity index (χ3v) is 4.08. The van der Waals surface area contributed by atoms with Crippen LogP contribution in [0.1, 0.15) is 5.56 Å². The molecule has 0 aromatic heterocycles. The molecule has 1 atom stereocenters. The van der Waals surface area contributed by atoms with Gasteiger partial charge < -0.3 is 16.0 Å². The van der Waals surface area contributed by atoms with Crippen LogP contribution >= 0.6 is 24.2 Å². The number of nitrogens with two attached hydrogens (primary N) is 1. The molecule has 0 saturated carbocycles. The Balaban J connectivity index is 0.00000220. The molecule has 0 bridgehead atoms. The quantitative estimate of drug-likeness (QED) is 0.824. The van der Waals surface area contributed by atoms with Gasteiger partial charge in [-0.3, -0.25) is 9.59 Å². The number of nitrogens with one attached hydrogen (secondary N) is 1. The summed E-state index contributed by atoms with van der Waals surface area (Å²) in [6.07, 6.45) is 0.792. The van der Waals surface area contributed by atoms with E-state index in [4.69, 9.17) is 5.73 Å². The number of halogens is 1. The smallest absolute Gasteiger partial charge is 0.279 e. The minimum Gasteiger partial charge on any atom is -0.339 e. The molecule has 5 nitrogen and oxygen atoms in total. The molecule has 2 rings (SSSR count). The van der Waals surface area contributed by atoms with Gasteiger partial charge in [0.2, 0.25) is 5.91 Å². The fraction of sp³-hybridized carbons (Fsp3) is 0.429. The molecule has 1 saturated heterocycles. The Morgan fingerprint density at radius 2 is 2.05 bits per heavy atom. The summed E-state index contributed by atoms with van der Waals surface area (Å²) in [5.74, 6) is 0.467. The fourth-order valence-corrected chi connectivity index (χ4v) is 2.90. The van der Waals surface area contributed by atoms with Crippen LogP contribution in [0.2, 0.25) is 0 Å². The molecule has 1 aromatic carbocycles. The second kappa shape index (κ2) is 8.92. The van der Waals surface area contributed by atoms with Crippen LogP contribution < -0.4 is 11.1 Å². The molecular formula is C14H20ClN3O2S.